The molecule has 0 unspecified atom stereocenters. The van der Waals surface area contributed by atoms with E-state index in [-0.39, 0.29) is 43.8 Å². The van der Waals surface area contributed by atoms with Crippen LogP contribution in [0.3, 0.4) is 0 Å². The zero-order valence-electron chi connectivity index (χ0n) is 31.5. The lowest BCUT2D eigenvalue weighted by molar-refractivity contribution is 0.483. The molecule has 284 valence electrons. The van der Waals surface area contributed by atoms with E-state index in [1.165, 1.54) is 0 Å². The summed E-state index contributed by atoms with van der Waals surface area (Å²) in [6.45, 7) is 8.04. The van der Waals surface area contributed by atoms with Gasteiger partial charge in [0, 0.05) is 64.5 Å². The molecule has 0 saturated carbocycles. The van der Waals surface area contributed by atoms with Crippen LogP contribution in [-0.2, 0) is 0 Å². The van der Waals surface area contributed by atoms with E-state index in [0.717, 1.165) is 0 Å². The maximum absolute atomic E-state index is 14.3. The summed E-state index contributed by atoms with van der Waals surface area (Å²) < 4.78 is 27.1. The van der Waals surface area contributed by atoms with Gasteiger partial charge in [0.2, 0.25) is 10.9 Å². The van der Waals surface area contributed by atoms with Crippen LogP contribution in [-0.4, -0.2) is 0 Å². The number of para-hydroxylation sites is 4. The Kier molecular flexibility index (Phi) is 7.60. The number of hydrogen-bond donors (Lipinski definition) is 0. The molecule has 0 aliphatic heterocycles. The van der Waals surface area contributed by atoms with Gasteiger partial charge in [0.15, 0.2) is 10.9 Å². The molecule has 0 atom stereocenters. The van der Waals surface area contributed by atoms with Crippen molar-refractivity contribution >= 4 is 77.8 Å². The highest BCUT2D eigenvalue weighted by Gasteiger charge is 2.31. The van der Waals surface area contributed by atoms with Crippen LogP contribution in [0.4, 0.5) is 0 Å². The molecule has 0 aliphatic carbocycles. The molecule has 0 fully saturated rings. The van der Waals surface area contributed by atoms with E-state index >= 15 is 0 Å². The molecular weight excluding hydrogens is 753 g/mol. The lowest BCUT2D eigenvalue weighted by atomic mass is 9.83. The van der Waals surface area contributed by atoms with Crippen LogP contribution in [0.25, 0.3) is 77.8 Å². The molecule has 8 heteroatoms. The number of benzene rings is 11. The maximum atomic E-state index is 14.3. The molecule has 0 saturated heterocycles. The summed E-state index contributed by atoms with van der Waals surface area (Å²) in [4.78, 5) is 56.5. The van der Waals surface area contributed by atoms with Gasteiger partial charge in [-0.3, -0.25) is 19.2 Å². The Morgan fingerprint density at radius 3 is 0.900 bits per heavy atom. The van der Waals surface area contributed by atoms with E-state index in [1.54, 1.807) is 72.8 Å². The van der Waals surface area contributed by atoms with Crippen LogP contribution in [0, 0.1) is 0 Å². The molecule has 0 radical (unpaired) electrons. The van der Waals surface area contributed by atoms with E-state index in [9.17, 15) is 19.2 Å². The fraction of sp³-hybridized carbons (Fsp3) is 0. The highest BCUT2D eigenvalue weighted by Crippen LogP contribution is 2.56. The average Bonchev–Trinajstić information content (AvgIpc) is 3.28. The van der Waals surface area contributed by atoms with Gasteiger partial charge in [-0.2, -0.15) is 0 Å². The molecule has 60 heavy (non-hydrogen) atoms. The standard InChI is InChI=1S/C52H28O8/c1-27-33-23-37(57-29-15-7-3-8-16-29)43-45-38(58-30-17-9-4-10-18-30)24-34-42-35(50(54)28(2)49(34)53)25-39(59-31-19-11-5-12-20-31)46(48(42)45)44-40(60-32-21-13-6-14-22-32)26-36(41(33)47(43)44)52(56)51(27)55/h3-26H,1-2H2. The minimum absolute atomic E-state index is 0.00640. The lowest BCUT2D eigenvalue weighted by Crippen LogP contribution is -2.37. The fourth-order valence-electron chi connectivity index (χ4n) is 8.54. The second-order valence-corrected chi connectivity index (χ2v) is 14.6. The molecule has 0 heterocycles. The van der Waals surface area contributed by atoms with Crippen LogP contribution < -0.4 is 51.1 Å². The second kappa shape index (κ2) is 13.1. The summed E-state index contributed by atoms with van der Waals surface area (Å²) in [6.07, 6.45) is 0. The van der Waals surface area contributed by atoms with E-state index in [0.29, 0.717) is 77.2 Å². The van der Waals surface area contributed by atoms with Gasteiger partial charge in [0.1, 0.15) is 46.0 Å². The van der Waals surface area contributed by atoms with E-state index in [1.807, 2.05) is 72.8 Å². The predicted octanol–water partition coefficient (Wildman–Crippen LogP) is 9.79. The van der Waals surface area contributed by atoms with Gasteiger partial charge in [-0.15, -0.1) is 0 Å². The number of rotatable bonds is 8. The van der Waals surface area contributed by atoms with Crippen molar-refractivity contribution in [1.82, 2.24) is 0 Å². The quantitative estimate of drug-likeness (QED) is 0.0853. The van der Waals surface area contributed by atoms with Crippen molar-refractivity contribution in [3.63, 3.8) is 0 Å². The van der Waals surface area contributed by atoms with E-state index in [2.05, 4.69) is 13.2 Å². The van der Waals surface area contributed by atoms with Crippen molar-refractivity contribution in [1.29, 1.82) is 0 Å². The molecule has 11 aromatic rings. The highest BCUT2D eigenvalue weighted by atomic mass is 16.5. The zero-order valence-corrected chi connectivity index (χ0v) is 31.5. The molecule has 0 N–H and O–H groups in total. The summed E-state index contributed by atoms with van der Waals surface area (Å²) in [5, 5.41) is 4.40. The molecule has 0 bridgehead atoms. The van der Waals surface area contributed by atoms with Crippen molar-refractivity contribution < 1.29 is 18.9 Å². The van der Waals surface area contributed by atoms with Gasteiger partial charge >= 0.3 is 0 Å². The molecule has 11 rings (SSSR count). The summed E-state index contributed by atoms with van der Waals surface area (Å²) in [5.74, 6) is 2.91. The molecular formula is C52H28O8. The van der Waals surface area contributed by atoms with Gasteiger partial charge in [-0.25, -0.2) is 0 Å². The Hall–Kier alpha value is -8.36. The zero-order chi connectivity index (χ0) is 40.8. The van der Waals surface area contributed by atoms with Crippen LogP contribution >= 0.6 is 0 Å². The van der Waals surface area contributed by atoms with E-state index < -0.39 is 21.7 Å². The molecule has 0 aliphatic rings. The fourth-order valence-corrected chi connectivity index (χ4v) is 8.54. The Morgan fingerprint density at radius 1 is 0.283 bits per heavy atom. The van der Waals surface area contributed by atoms with Gasteiger partial charge in [0.05, 0.1) is 5.22 Å². The Bertz CT molecular complexity index is 3370. The minimum Gasteiger partial charge on any atom is -0.457 e. The van der Waals surface area contributed by atoms with Crippen molar-refractivity contribution in [2.24, 2.45) is 0 Å². The average molecular weight is 781 g/mol. The summed E-state index contributed by atoms with van der Waals surface area (Å²) in [5.41, 5.74) is -2.59. The van der Waals surface area contributed by atoms with Crippen molar-refractivity contribution in [3.8, 4) is 46.0 Å². The first kappa shape index (κ1) is 34.9. The smallest absolute Gasteiger partial charge is 0.234 e. The maximum Gasteiger partial charge on any atom is 0.234 e. The van der Waals surface area contributed by atoms with Crippen LogP contribution in [0.2, 0.25) is 0 Å². The first-order valence-corrected chi connectivity index (χ1v) is 19.1. The largest absolute Gasteiger partial charge is 0.457 e. The number of fused-ring (bicyclic) bond motifs is 2. The third-order valence-corrected chi connectivity index (χ3v) is 11.1. The summed E-state index contributed by atoms with van der Waals surface area (Å²) in [6, 6.07) is 43.0. The minimum atomic E-state index is -0.755. The number of hydrogen-bond acceptors (Lipinski definition) is 8. The third-order valence-electron chi connectivity index (χ3n) is 11.1. The van der Waals surface area contributed by atoms with Crippen molar-refractivity contribution in [2.75, 3.05) is 0 Å². The molecule has 0 spiro atoms. The molecule has 0 aromatic heterocycles. The lowest BCUT2D eigenvalue weighted by Gasteiger charge is -2.25. The summed E-state index contributed by atoms with van der Waals surface area (Å²) >= 11 is 0. The number of ether oxygens (including phenoxy) is 4. The normalized spacial score (nSPS) is 11.7. The van der Waals surface area contributed by atoms with Gasteiger partial charge in [-0.1, -0.05) is 86.0 Å². The SMILES string of the molecule is C=c1c(=O)c2cc(Oc3ccccc3)c3c4c(Oc5ccccc5)cc5c(=C)c(=O)c(=O)c6cc(Oc7ccccc7)c(c7c(Oc8ccccc8)cc(c1=O)c2c37)c4c56. The van der Waals surface area contributed by atoms with Gasteiger partial charge < -0.3 is 18.9 Å². The third kappa shape index (κ3) is 5.11. The van der Waals surface area contributed by atoms with Gasteiger partial charge in [-0.05, 0) is 78.2 Å². The summed E-state index contributed by atoms with van der Waals surface area (Å²) in [7, 11) is 0. The van der Waals surface area contributed by atoms with Crippen molar-refractivity contribution in [3.05, 3.63) is 197 Å². The first-order chi connectivity index (χ1) is 29.3. The molecule has 11 aromatic carbocycles. The van der Waals surface area contributed by atoms with Crippen molar-refractivity contribution in [2.45, 2.75) is 0 Å². The molecule has 0 amide bonds. The first-order valence-electron chi connectivity index (χ1n) is 19.1. The molecule has 8 nitrogen and oxygen atoms in total. The van der Waals surface area contributed by atoms with Crippen LogP contribution in [0.1, 0.15) is 0 Å². The highest BCUT2D eigenvalue weighted by molar-refractivity contribution is 6.43. The topological polar surface area (TPSA) is 105 Å². The van der Waals surface area contributed by atoms with Crippen LogP contribution in [0.5, 0.6) is 46.0 Å². The Balaban J connectivity index is 1.48. The second-order valence-electron chi connectivity index (χ2n) is 14.6. The monoisotopic (exact) mass is 780 g/mol. The van der Waals surface area contributed by atoms with E-state index in [4.69, 9.17) is 18.9 Å². The van der Waals surface area contributed by atoms with Crippen LogP contribution in [0.15, 0.2) is 165 Å². The van der Waals surface area contributed by atoms with Gasteiger partial charge in [0.25, 0.3) is 0 Å². The predicted molar refractivity (Wildman–Crippen MR) is 238 cm³/mol. The Labute approximate surface area is 338 Å². The Morgan fingerprint density at radius 2 is 0.567 bits per heavy atom.